The standard InChI is InChI=1S/C56H107NO4/c1-3-5-7-9-11-13-15-17-19-21-23-25-27-28-29-31-33-35-37-39-41-43-45-47-49-51-55(60)57-53(52-58)56(61)54(59)50-48-46-44-42-40-38-36-34-32-30-26-24-22-20-18-16-14-12-10-8-6-4-2/h23,25,28-29,42,44,53-54,56,58-59,61H,3-22,24,26-27,30-41,43,45-52H2,1-2H3,(H,57,60)/b25-23-,29-28-,44-42+. The number of rotatable bonds is 50. The third-order valence-electron chi connectivity index (χ3n) is 12.7. The molecule has 0 heterocycles. The second kappa shape index (κ2) is 51.2. The van der Waals surface area contributed by atoms with Gasteiger partial charge in [0.2, 0.25) is 5.91 Å². The average molecular weight is 858 g/mol. The van der Waals surface area contributed by atoms with Crippen molar-refractivity contribution in [3.05, 3.63) is 36.5 Å². The Bertz CT molecular complexity index is 947. The molecule has 3 unspecified atom stereocenters. The molecular weight excluding hydrogens is 751 g/mol. The van der Waals surface area contributed by atoms with Crippen LogP contribution in [0, 0.1) is 0 Å². The number of amides is 1. The van der Waals surface area contributed by atoms with E-state index in [4.69, 9.17) is 0 Å². The number of nitrogens with one attached hydrogen (secondary N) is 1. The molecule has 0 aromatic heterocycles. The largest absolute Gasteiger partial charge is 0.394 e. The fourth-order valence-electron chi connectivity index (χ4n) is 8.49. The Morgan fingerprint density at radius 1 is 0.410 bits per heavy atom. The van der Waals surface area contributed by atoms with Crippen molar-refractivity contribution in [3.63, 3.8) is 0 Å². The summed E-state index contributed by atoms with van der Waals surface area (Å²) in [6.45, 7) is 4.19. The van der Waals surface area contributed by atoms with Gasteiger partial charge in [-0.05, 0) is 70.6 Å². The lowest BCUT2D eigenvalue weighted by atomic mass is 10.0. The maximum atomic E-state index is 12.5. The highest BCUT2D eigenvalue weighted by atomic mass is 16.3. The van der Waals surface area contributed by atoms with Crippen molar-refractivity contribution in [1.82, 2.24) is 5.32 Å². The smallest absolute Gasteiger partial charge is 0.220 e. The second-order valence-electron chi connectivity index (χ2n) is 18.8. The third-order valence-corrected chi connectivity index (χ3v) is 12.7. The van der Waals surface area contributed by atoms with Gasteiger partial charge in [-0.25, -0.2) is 0 Å². The highest BCUT2D eigenvalue weighted by molar-refractivity contribution is 5.76. The minimum Gasteiger partial charge on any atom is -0.394 e. The van der Waals surface area contributed by atoms with Gasteiger partial charge in [-0.15, -0.1) is 0 Å². The van der Waals surface area contributed by atoms with Crippen LogP contribution in [-0.2, 0) is 4.79 Å². The lowest BCUT2D eigenvalue weighted by Crippen LogP contribution is -2.50. The zero-order valence-electron chi connectivity index (χ0n) is 41.1. The lowest BCUT2D eigenvalue weighted by molar-refractivity contribution is -0.124. The number of unbranched alkanes of at least 4 members (excludes halogenated alkanes) is 36. The minimum atomic E-state index is -1.16. The monoisotopic (exact) mass is 858 g/mol. The molecule has 0 aliphatic heterocycles. The van der Waals surface area contributed by atoms with Crippen LogP contribution in [0.1, 0.15) is 290 Å². The van der Waals surface area contributed by atoms with E-state index in [0.717, 1.165) is 44.9 Å². The molecule has 1 amide bonds. The van der Waals surface area contributed by atoms with E-state index in [1.807, 2.05) is 0 Å². The molecule has 5 nitrogen and oxygen atoms in total. The molecule has 0 fully saturated rings. The van der Waals surface area contributed by atoms with Gasteiger partial charge >= 0.3 is 0 Å². The van der Waals surface area contributed by atoms with Gasteiger partial charge in [-0.3, -0.25) is 4.79 Å². The topological polar surface area (TPSA) is 89.8 Å². The fourth-order valence-corrected chi connectivity index (χ4v) is 8.49. The molecule has 0 aliphatic carbocycles. The summed E-state index contributed by atoms with van der Waals surface area (Å²) in [5.74, 6) is -0.156. The molecule has 0 saturated carbocycles. The maximum absolute atomic E-state index is 12.5. The van der Waals surface area contributed by atoms with Crippen LogP contribution in [0.4, 0.5) is 0 Å². The van der Waals surface area contributed by atoms with Crippen LogP contribution in [0.25, 0.3) is 0 Å². The molecule has 61 heavy (non-hydrogen) atoms. The molecule has 0 radical (unpaired) electrons. The van der Waals surface area contributed by atoms with Crippen molar-refractivity contribution >= 4 is 5.91 Å². The molecule has 4 N–H and O–H groups in total. The molecule has 0 saturated heterocycles. The first-order valence-electron chi connectivity index (χ1n) is 27.3. The van der Waals surface area contributed by atoms with Crippen LogP contribution in [0.3, 0.4) is 0 Å². The number of carbonyl (C=O) groups excluding carboxylic acids is 1. The number of hydrogen-bond donors (Lipinski definition) is 4. The Hall–Kier alpha value is -1.43. The Morgan fingerprint density at radius 2 is 0.705 bits per heavy atom. The van der Waals surface area contributed by atoms with Gasteiger partial charge in [0.25, 0.3) is 0 Å². The summed E-state index contributed by atoms with van der Waals surface area (Å²) >= 11 is 0. The first kappa shape index (κ1) is 59.6. The zero-order valence-corrected chi connectivity index (χ0v) is 41.1. The molecule has 0 aromatic rings. The summed E-state index contributed by atoms with van der Waals surface area (Å²) in [5.41, 5.74) is 0. The van der Waals surface area contributed by atoms with Gasteiger partial charge in [-0.1, -0.05) is 249 Å². The summed E-state index contributed by atoms with van der Waals surface area (Å²) in [5, 5.41) is 33.7. The van der Waals surface area contributed by atoms with E-state index in [1.165, 1.54) is 218 Å². The Morgan fingerprint density at radius 3 is 1.05 bits per heavy atom. The van der Waals surface area contributed by atoms with Crippen molar-refractivity contribution in [2.45, 2.75) is 308 Å². The van der Waals surface area contributed by atoms with Crippen molar-refractivity contribution in [2.24, 2.45) is 0 Å². The SMILES string of the molecule is CCCCCCCCCCC/C=C\C/C=C\CCCCCCCCCCCC(=O)NC(CO)C(O)C(O)CCC/C=C/CCCCCCCCCCCCCCCCCCC. The normalized spacial score (nSPS) is 13.6. The summed E-state index contributed by atoms with van der Waals surface area (Å²) < 4.78 is 0. The summed E-state index contributed by atoms with van der Waals surface area (Å²) in [4.78, 5) is 12.5. The van der Waals surface area contributed by atoms with Crippen molar-refractivity contribution < 1.29 is 20.1 Å². The Kier molecular flexibility index (Phi) is 50.0. The average Bonchev–Trinajstić information content (AvgIpc) is 3.26. The Balaban J connectivity index is 3.60. The predicted octanol–water partition coefficient (Wildman–Crippen LogP) is 16.7. The minimum absolute atomic E-state index is 0.156. The Labute approximate surface area is 381 Å². The van der Waals surface area contributed by atoms with Crippen LogP contribution >= 0.6 is 0 Å². The zero-order chi connectivity index (χ0) is 44.4. The van der Waals surface area contributed by atoms with Gasteiger partial charge in [-0.2, -0.15) is 0 Å². The van der Waals surface area contributed by atoms with E-state index < -0.39 is 18.2 Å². The third kappa shape index (κ3) is 46.4. The van der Waals surface area contributed by atoms with Crippen LogP contribution in [-0.4, -0.2) is 46.1 Å². The van der Waals surface area contributed by atoms with Crippen molar-refractivity contribution in [3.8, 4) is 0 Å². The number of aliphatic hydroxyl groups excluding tert-OH is 3. The molecule has 0 aromatic carbocycles. The fraction of sp³-hybridized carbons (Fsp3) is 0.875. The summed E-state index contributed by atoms with van der Waals surface area (Å²) in [7, 11) is 0. The molecule has 0 spiro atoms. The van der Waals surface area contributed by atoms with Gasteiger partial charge in [0, 0.05) is 6.42 Å². The second-order valence-corrected chi connectivity index (χ2v) is 18.8. The van der Waals surface area contributed by atoms with Crippen LogP contribution in [0.15, 0.2) is 36.5 Å². The number of aliphatic hydroxyl groups is 3. The molecule has 0 rings (SSSR count). The lowest BCUT2D eigenvalue weighted by Gasteiger charge is -2.26. The van der Waals surface area contributed by atoms with E-state index in [1.54, 1.807) is 0 Å². The van der Waals surface area contributed by atoms with E-state index in [2.05, 4.69) is 55.6 Å². The van der Waals surface area contributed by atoms with Gasteiger partial charge in [0.05, 0.1) is 18.8 Å². The number of carbonyl (C=O) groups is 1. The van der Waals surface area contributed by atoms with Crippen LogP contribution in [0.2, 0.25) is 0 Å². The number of hydrogen-bond acceptors (Lipinski definition) is 4. The molecule has 5 heteroatoms. The first-order chi connectivity index (χ1) is 30.1. The van der Waals surface area contributed by atoms with Crippen molar-refractivity contribution in [2.75, 3.05) is 6.61 Å². The first-order valence-corrected chi connectivity index (χ1v) is 27.3. The number of allylic oxidation sites excluding steroid dienone is 6. The van der Waals surface area contributed by atoms with Crippen molar-refractivity contribution in [1.29, 1.82) is 0 Å². The molecular formula is C56H107NO4. The summed E-state index contributed by atoms with van der Waals surface area (Å²) in [6, 6.07) is -0.829. The van der Waals surface area contributed by atoms with Gasteiger partial charge in [0.15, 0.2) is 0 Å². The highest BCUT2D eigenvalue weighted by Crippen LogP contribution is 2.17. The highest BCUT2D eigenvalue weighted by Gasteiger charge is 2.26. The van der Waals surface area contributed by atoms with Crippen LogP contribution in [0.5, 0.6) is 0 Å². The van der Waals surface area contributed by atoms with E-state index in [9.17, 15) is 20.1 Å². The van der Waals surface area contributed by atoms with E-state index >= 15 is 0 Å². The van der Waals surface area contributed by atoms with Gasteiger partial charge in [0.1, 0.15) is 6.10 Å². The molecule has 360 valence electrons. The summed E-state index contributed by atoms with van der Waals surface area (Å²) in [6.07, 6.45) is 65.7. The predicted molar refractivity (Wildman–Crippen MR) is 268 cm³/mol. The van der Waals surface area contributed by atoms with Gasteiger partial charge < -0.3 is 20.6 Å². The quantitative estimate of drug-likeness (QED) is 0.0362. The van der Waals surface area contributed by atoms with E-state index in [-0.39, 0.29) is 12.5 Å². The molecule has 0 aliphatic rings. The molecule has 3 atom stereocenters. The molecule has 0 bridgehead atoms. The van der Waals surface area contributed by atoms with E-state index in [0.29, 0.717) is 12.8 Å². The maximum Gasteiger partial charge on any atom is 0.220 e. The van der Waals surface area contributed by atoms with Crippen LogP contribution < -0.4 is 5.32 Å².